The van der Waals surface area contributed by atoms with Gasteiger partial charge in [-0.1, -0.05) is 0 Å². The Bertz CT molecular complexity index is 405. The van der Waals surface area contributed by atoms with Crippen molar-refractivity contribution in [2.45, 2.75) is 13.0 Å². The van der Waals surface area contributed by atoms with E-state index in [9.17, 15) is 23.3 Å². The molecule has 0 bridgehead atoms. The van der Waals surface area contributed by atoms with Crippen LogP contribution in [0, 0.1) is 10.1 Å². The molecule has 16 heavy (non-hydrogen) atoms. The molecular weight excluding hydrogens is 231 g/mol. The number of rotatable bonds is 3. The molecule has 0 aliphatic carbocycles. The predicted molar refractivity (Wildman–Crippen MR) is 45.7 cm³/mol. The van der Waals surface area contributed by atoms with Crippen molar-refractivity contribution < 1.29 is 27.9 Å². The van der Waals surface area contributed by atoms with Crippen molar-refractivity contribution >= 4 is 5.69 Å². The number of halogens is 3. The Labute approximate surface area is 87.2 Å². The summed E-state index contributed by atoms with van der Waals surface area (Å²) in [5.41, 5.74) is -0.705. The minimum Gasteiger partial charge on any atom is -0.406 e. The minimum absolute atomic E-state index is 0.0838. The number of nitrogens with zero attached hydrogens (tertiary/aromatic N) is 1. The number of aliphatic hydroxyl groups excluding tert-OH is 1. The zero-order chi connectivity index (χ0) is 12.3. The molecule has 0 amide bonds. The minimum atomic E-state index is -4.91. The molecule has 1 aromatic carbocycles. The van der Waals surface area contributed by atoms with Crippen LogP contribution in [0.2, 0.25) is 0 Å². The third kappa shape index (κ3) is 3.09. The van der Waals surface area contributed by atoms with Gasteiger partial charge in [-0.15, -0.1) is 13.2 Å². The second kappa shape index (κ2) is 4.35. The Morgan fingerprint density at radius 1 is 1.44 bits per heavy atom. The zero-order valence-corrected chi connectivity index (χ0v) is 7.69. The van der Waals surface area contributed by atoms with Gasteiger partial charge in [-0.05, 0) is 12.1 Å². The molecular formula is C8H6F3NO4. The standard InChI is InChI=1S/C8H6F3NO4/c9-8(10,11)16-6-2-1-5(4-13)7(3-6)12(14)15/h1-3,13H,4H2. The molecule has 8 heteroatoms. The second-order valence-corrected chi connectivity index (χ2v) is 2.75. The van der Waals surface area contributed by atoms with E-state index in [1.165, 1.54) is 0 Å². The summed E-state index contributed by atoms with van der Waals surface area (Å²) in [7, 11) is 0. The van der Waals surface area contributed by atoms with Crippen LogP contribution in [0.15, 0.2) is 18.2 Å². The topological polar surface area (TPSA) is 72.6 Å². The van der Waals surface area contributed by atoms with Crippen molar-refractivity contribution in [1.29, 1.82) is 0 Å². The monoisotopic (exact) mass is 237 g/mol. The number of alkyl halides is 3. The summed E-state index contributed by atoms with van der Waals surface area (Å²) in [6, 6.07) is 2.50. The lowest BCUT2D eigenvalue weighted by Crippen LogP contribution is -2.17. The Morgan fingerprint density at radius 2 is 2.06 bits per heavy atom. The van der Waals surface area contributed by atoms with Gasteiger partial charge in [-0.25, -0.2) is 0 Å². The smallest absolute Gasteiger partial charge is 0.406 e. The van der Waals surface area contributed by atoms with Crippen molar-refractivity contribution in [1.82, 2.24) is 0 Å². The van der Waals surface area contributed by atoms with Gasteiger partial charge in [0, 0.05) is 0 Å². The highest BCUT2D eigenvalue weighted by atomic mass is 19.4. The van der Waals surface area contributed by atoms with E-state index in [1.807, 2.05) is 0 Å². The highest BCUT2D eigenvalue weighted by Gasteiger charge is 2.32. The summed E-state index contributed by atoms with van der Waals surface area (Å²) in [4.78, 5) is 9.56. The summed E-state index contributed by atoms with van der Waals surface area (Å²) in [5.74, 6) is -0.698. The quantitative estimate of drug-likeness (QED) is 0.644. The van der Waals surface area contributed by atoms with Crippen LogP contribution in [-0.4, -0.2) is 16.4 Å². The molecule has 0 unspecified atom stereocenters. The number of hydrogen-bond acceptors (Lipinski definition) is 4. The van der Waals surface area contributed by atoms with E-state index in [0.29, 0.717) is 6.07 Å². The predicted octanol–water partition coefficient (Wildman–Crippen LogP) is 1.99. The fourth-order valence-electron chi connectivity index (χ4n) is 1.04. The number of aliphatic hydroxyl groups is 1. The Morgan fingerprint density at radius 3 is 2.50 bits per heavy atom. The van der Waals surface area contributed by atoms with E-state index in [0.717, 1.165) is 12.1 Å². The van der Waals surface area contributed by atoms with Gasteiger partial charge < -0.3 is 9.84 Å². The lowest BCUT2D eigenvalue weighted by atomic mass is 10.2. The van der Waals surface area contributed by atoms with Gasteiger partial charge in [-0.2, -0.15) is 0 Å². The number of ether oxygens (including phenoxy) is 1. The molecule has 0 atom stereocenters. The first-order chi connectivity index (χ1) is 7.33. The van der Waals surface area contributed by atoms with Crippen LogP contribution in [0.4, 0.5) is 18.9 Å². The Balaban J connectivity index is 3.07. The molecule has 5 nitrogen and oxygen atoms in total. The maximum Gasteiger partial charge on any atom is 0.573 e. The molecule has 0 heterocycles. The molecule has 0 aliphatic heterocycles. The molecule has 1 rings (SSSR count). The Hall–Kier alpha value is -1.83. The van der Waals surface area contributed by atoms with Crippen molar-refractivity contribution in [3.63, 3.8) is 0 Å². The largest absolute Gasteiger partial charge is 0.573 e. The lowest BCUT2D eigenvalue weighted by Gasteiger charge is -2.09. The van der Waals surface area contributed by atoms with Crippen LogP contribution in [0.25, 0.3) is 0 Å². The SMILES string of the molecule is O=[N+]([O-])c1cc(OC(F)(F)F)ccc1CO. The molecule has 0 saturated heterocycles. The molecule has 0 aromatic heterocycles. The van der Waals surface area contributed by atoms with Gasteiger partial charge in [0.05, 0.1) is 23.2 Å². The molecule has 0 spiro atoms. The molecule has 0 radical (unpaired) electrons. The molecule has 0 saturated carbocycles. The summed E-state index contributed by atoms with van der Waals surface area (Å²) in [6.07, 6.45) is -4.91. The lowest BCUT2D eigenvalue weighted by molar-refractivity contribution is -0.386. The molecule has 0 fully saturated rings. The van der Waals surface area contributed by atoms with Crippen LogP contribution in [-0.2, 0) is 6.61 Å². The van der Waals surface area contributed by atoms with Crippen molar-refractivity contribution in [3.8, 4) is 5.75 Å². The molecule has 88 valence electrons. The first-order valence-corrected chi connectivity index (χ1v) is 3.97. The molecule has 1 aromatic rings. The van der Waals surface area contributed by atoms with E-state index >= 15 is 0 Å². The summed E-state index contributed by atoms with van der Waals surface area (Å²) in [5, 5.41) is 19.2. The van der Waals surface area contributed by atoms with E-state index in [2.05, 4.69) is 4.74 Å². The summed E-state index contributed by atoms with van der Waals surface area (Å²) < 4.78 is 39.0. The van der Waals surface area contributed by atoms with Gasteiger partial charge in [0.25, 0.3) is 5.69 Å². The van der Waals surface area contributed by atoms with Crippen molar-refractivity contribution in [2.24, 2.45) is 0 Å². The maximum atomic E-state index is 11.8. The summed E-state index contributed by atoms with van der Waals surface area (Å²) >= 11 is 0. The number of nitro groups is 1. The third-order valence-electron chi connectivity index (χ3n) is 1.66. The van der Waals surface area contributed by atoms with Crippen molar-refractivity contribution in [2.75, 3.05) is 0 Å². The normalized spacial score (nSPS) is 11.2. The van der Waals surface area contributed by atoms with Crippen molar-refractivity contribution in [3.05, 3.63) is 33.9 Å². The van der Waals surface area contributed by atoms with Crippen LogP contribution in [0.1, 0.15) is 5.56 Å². The average Bonchev–Trinajstić information content (AvgIpc) is 2.15. The van der Waals surface area contributed by atoms with Crippen LogP contribution in [0.5, 0.6) is 5.75 Å². The first kappa shape index (κ1) is 12.2. The average molecular weight is 237 g/mol. The van der Waals surface area contributed by atoms with E-state index < -0.39 is 29.3 Å². The van der Waals surface area contributed by atoms with Gasteiger partial charge >= 0.3 is 6.36 Å². The molecule has 0 aliphatic rings. The van der Waals surface area contributed by atoms with Gasteiger partial charge in [-0.3, -0.25) is 10.1 Å². The van der Waals surface area contributed by atoms with E-state index in [4.69, 9.17) is 5.11 Å². The number of hydrogen-bond donors (Lipinski definition) is 1. The second-order valence-electron chi connectivity index (χ2n) is 2.75. The van der Waals surface area contributed by atoms with Crippen LogP contribution in [0.3, 0.4) is 0 Å². The fraction of sp³-hybridized carbons (Fsp3) is 0.250. The van der Waals surface area contributed by atoms with Gasteiger partial charge in [0.15, 0.2) is 0 Å². The van der Waals surface area contributed by atoms with E-state index in [-0.39, 0.29) is 5.56 Å². The number of benzene rings is 1. The highest BCUT2D eigenvalue weighted by molar-refractivity contribution is 5.45. The Kier molecular flexibility index (Phi) is 3.33. The fourth-order valence-corrected chi connectivity index (χ4v) is 1.04. The summed E-state index contributed by atoms with van der Waals surface area (Å²) in [6.45, 7) is -0.636. The highest BCUT2D eigenvalue weighted by Crippen LogP contribution is 2.28. The van der Waals surface area contributed by atoms with Gasteiger partial charge in [0.1, 0.15) is 5.75 Å². The van der Waals surface area contributed by atoms with Gasteiger partial charge in [0.2, 0.25) is 0 Å². The number of nitro benzene ring substituents is 1. The maximum absolute atomic E-state index is 11.8. The third-order valence-corrected chi connectivity index (χ3v) is 1.66. The first-order valence-electron chi connectivity index (χ1n) is 3.97. The zero-order valence-electron chi connectivity index (χ0n) is 7.69. The van der Waals surface area contributed by atoms with Crippen LogP contribution >= 0.6 is 0 Å². The van der Waals surface area contributed by atoms with E-state index in [1.54, 1.807) is 0 Å². The molecule has 1 N–H and O–H groups in total. The van der Waals surface area contributed by atoms with Crippen LogP contribution < -0.4 is 4.74 Å².